The van der Waals surface area contributed by atoms with E-state index in [1.807, 2.05) is 110 Å². The largest absolute Gasteiger partial charge is 0.422 e. The molecule has 10 aromatic rings. The van der Waals surface area contributed by atoms with Crippen LogP contribution in [-0.4, -0.2) is 12.5 Å². The Kier molecular flexibility index (Phi) is 16.0. The van der Waals surface area contributed by atoms with Crippen molar-refractivity contribution in [3.63, 3.8) is 0 Å². The maximum Gasteiger partial charge on any atom is 0.355 e. The minimum Gasteiger partial charge on any atom is -0.422 e. The second-order valence-electron chi connectivity index (χ2n) is 16.8. The van der Waals surface area contributed by atoms with Crippen LogP contribution in [-0.2, 0) is 0 Å². The molecule has 356 valence electrons. The van der Waals surface area contributed by atoms with Crippen LogP contribution in [0, 0.1) is 22.7 Å². The van der Waals surface area contributed by atoms with Crippen LogP contribution < -0.4 is 11.3 Å². The van der Waals surface area contributed by atoms with Crippen LogP contribution in [0.5, 0.6) is 0 Å². The number of hydrogen-bond donors (Lipinski definition) is 0. The Balaban J connectivity index is 0.000000182. The van der Waals surface area contributed by atoms with E-state index in [1.165, 1.54) is 23.5 Å². The van der Waals surface area contributed by atoms with Crippen LogP contribution in [0.4, 0.5) is 0 Å². The first-order chi connectivity index (χ1) is 36.4. The second kappa shape index (κ2) is 23.8. The molecular weight excluding hydrogens is 949 g/mol. The van der Waals surface area contributed by atoms with E-state index >= 15 is 0 Å². The van der Waals surface area contributed by atoms with Gasteiger partial charge in [0.25, 0.3) is 0 Å². The van der Waals surface area contributed by atoms with Crippen molar-refractivity contribution in [3.8, 4) is 34.8 Å². The molecule has 6 nitrogen and oxygen atoms in total. The van der Waals surface area contributed by atoms with E-state index in [-0.39, 0.29) is 11.1 Å². The molecule has 2 heterocycles. The van der Waals surface area contributed by atoms with E-state index in [0.29, 0.717) is 21.3 Å². The van der Waals surface area contributed by atoms with E-state index in [2.05, 4.69) is 146 Å². The number of hydrogen-bond acceptors (Lipinski definition) is 8. The molecule has 0 saturated carbocycles. The summed E-state index contributed by atoms with van der Waals surface area (Å²) < 4.78 is 11.0. The lowest BCUT2D eigenvalue weighted by Crippen LogP contribution is -2.06. The molecule has 0 unspecified atom stereocenters. The van der Waals surface area contributed by atoms with Crippen molar-refractivity contribution < 1.29 is 8.83 Å². The van der Waals surface area contributed by atoms with Gasteiger partial charge in [0, 0.05) is 20.9 Å². The molecule has 0 radical (unpaired) electrons. The van der Waals surface area contributed by atoms with E-state index in [9.17, 15) is 20.1 Å². The zero-order valence-electron chi connectivity index (χ0n) is 40.4. The second-order valence-corrected chi connectivity index (χ2v) is 18.5. The highest BCUT2D eigenvalue weighted by Crippen LogP contribution is 2.40. The van der Waals surface area contributed by atoms with Gasteiger partial charge in [-0.05, 0) is 91.4 Å². The lowest BCUT2D eigenvalue weighted by Gasteiger charge is -2.18. The third kappa shape index (κ3) is 11.1. The van der Waals surface area contributed by atoms with Crippen LogP contribution in [0.1, 0.15) is 55.6 Å². The Hall–Kier alpha value is -9.18. The topological polar surface area (TPSA) is 108 Å². The van der Waals surface area contributed by atoms with Gasteiger partial charge < -0.3 is 8.83 Å². The Labute approximate surface area is 438 Å². The molecule has 74 heavy (non-hydrogen) atoms. The molecule has 8 aromatic carbocycles. The maximum absolute atomic E-state index is 12.4. The summed E-state index contributed by atoms with van der Waals surface area (Å²) in [7, 11) is 0. The molecule has 0 spiro atoms. The molecule has 0 saturated heterocycles. The summed E-state index contributed by atoms with van der Waals surface area (Å²) >= 11 is 2.72. The van der Waals surface area contributed by atoms with Crippen LogP contribution in [0.15, 0.2) is 271 Å². The number of benzene rings is 8. The van der Waals surface area contributed by atoms with Crippen molar-refractivity contribution in [3.05, 3.63) is 319 Å². The zero-order chi connectivity index (χ0) is 51.2. The van der Waals surface area contributed by atoms with Crippen LogP contribution >= 0.6 is 23.5 Å². The van der Waals surface area contributed by atoms with Gasteiger partial charge in [0.05, 0.1) is 0 Å². The normalized spacial score (nSPS) is 10.5. The first-order valence-electron chi connectivity index (χ1n) is 23.7. The molecule has 10 rings (SSSR count). The van der Waals surface area contributed by atoms with Gasteiger partial charge in [0.15, 0.2) is 11.1 Å². The van der Waals surface area contributed by atoms with Gasteiger partial charge in [-0.2, -0.15) is 10.5 Å². The molecule has 0 N–H and O–H groups in total. The Morgan fingerprint density at radius 3 is 0.757 bits per heavy atom. The quantitative estimate of drug-likeness (QED) is 0.0880. The summed E-state index contributed by atoms with van der Waals surface area (Å²) in [6.07, 6.45) is 3.68. The first kappa shape index (κ1) is 49.8. The van der Waals surface area contributed by atoms with Gasteiger partial charge in [0.1, 0.15) is 23.7 Å². The fourth-order valence-electron chi connectivity index (χ4n) is 8.80. The third-order valence-electron chi connectivity index (χ3n) is 12.3. The number of rotatable bonds is 12. The van der Waals surface area contributed by atoms with Crippen molar-refractivity contribution in [2.75, 3.05) is 12.5 Å². The van der Waals surface area contributed by atoms with E-state index in [0.717, 1.165) is 77.9 Å². The lowest BCUT2D eigenvalue weighted by atomic mass is 9.85. The molecular formula is C66H46N2O4S2. The van der Waals surface area contributed by atoms with E-state index in [1.54, 1.807) is 12.1 Å². The van der Waals surface area contributed by atoms with Crippen molar-refractivity contribution in [1.29, 1.82) is 10.5 Å². The van der Waals surface area contributed by atoms with Crippen LogP contribution in [0.3, 0.4) is 0 Å². The highest BCUT2D eigenvalue weighted by molar-refractivity contribution is 7.98. The minimum absolute atomic E-state index is 0.0394. The summed E-state index contributed by atoms with van der Waals surface area (Å²) in [6.45, 7) is 0. The summed E-state index contributed by atoms with van der Waals surface area (Å²) in [6, 6.07) is 85.8. The average molecular weight is 995 g/mol. The molecule has 0 fully saturated rings. The SMILES string of the molecule is CSc1cc(-c2ccc(C(=C(c3ccccc3)c3ccccc3)c3ccccc3)cc2)oc(=O)c1C#N.CSc1cc(-c2ccc(C(=C(c3ccccc3)c3ccccc3)c3ccccc3)cc2)oc(=O)c1C#N. The summed E-state index contributed by atoms with van der Waals surface area (Å²) in [5.41, 5.74) is 13.7. The van der Waals surface area contributed by atoms with Gasteiger partial charge in [0.2, 0.25) is 0 Å². The van der Waals surface area contributed by atoms with E-state index < -0.39 is 11.3 Å². The molecule has 0 aliphatic heterocycles. The third-order valence-corrected chi connectivity index (χ3v) is 13.8. The number of thioether (sulfide) groups is 2. The van der Waals surface area contributed by atoms with Crippen LogP contribution in [0.25, 0.3) is 44.9 Å². The Morgan fingerprint density at radius 2 is 0.554 bits per heavy atom. The standard InChI is InChI=1S/2C33H23NO2S/c2*1-37-30-21-29(36-33(35)28(30)22-34)23-17-19-27(20-18-23)32(26-15-9-4-10-16-26)31(24-11-5-2-6-12-24)25-13-7-3-8-14-25/h2*2-21H,1H3. The summed E-state index contributed by atoms with van der Waals surface area (Å²) in [5, 5.41) is 18.6. The van der Waals surface area contributed by atoms with Gasteiger partial charge in [-0.1, -0.05) is 231 Å². The van der Waals surface area contributed by atoms with E-state index in [4.69, 9.17) is 8.83 Å². The number of nitrogens with zero attached hydrogens (tertiary/aromatic N) is 2. The molecule has 0 amide bonds. The summed E-state index contributed by atoms with van der Waals surface area (Å²) in [4.78, 5) is 26.0. The van der Waals surface area contributed by atoms with Gasteiger partial charge in [-0.3, -0.25) is 0 Å². The molecule has 8 heteroatoms. The minimum atomic E-state index is -0.617. The van der Waals surface area contributed by atoms with Crippen molar-refractivity contribution in [2.45, 2.75) is 9.79 Å². The van der Waals surface area contributed by atoms with Crippen molar-refractivity contribution in [2.24, 2.45) is 0 Å². The molecule has 0 atom stereocenters. The maximum atomic E-state index is 12.4. The van der Waals surface area contributed by atoms with Crippen LogP contribution in [0.2, 0.25) is 0 Å². The molecule has 0 aliphatic carbocycles. The number of nitriles is 2. The van der Waals surface area contributed by atoms with Crippen molar-refractivity contribution in [1.82, 2.24) is 0 Å². The molecule has 0 aliphatic rings. The zero-order valence-corrected chi connectivity index (χ0v) is 42.1. The average Bonchev–Trinajstić information content (AvgIpc) is 3.47. The fourth-order valence-corrected chi connectivity index (χ4v) is 9.92. The predicted molar refractivity (Wildman–Crippen MR) is 303 cm³/mol. The Bertz CT molecular complexity index is 3470. The fraction of sp³-hybridized carbons (Fsp3) is 0.0303. The Morgan fingerprint density at radius 1 is 0.338 bits per heavy atom. The van der Waals surface area contributed by atoms with Gasteiger partial charge in [-0.15, -0.1) is 23.5 Å². The molecule has 2 aromatic heterocycles. The monoisotopic (exact) mass is 994 g/mol. The highest BCUT2D eigenvalue weighted by atomic mass is 32.2. The van der Waals surface area contributed by atoms with Gasteiger partial charge >= 0.3 is 11.3 Å². The van der Waals surface area contributed by atoms with Gasteiger partial charge in [-0.25, -0.2) is 9.59 Å². The summed E-state index contributed by atoms with van der Waals surface area (Å²) in [5.74, 6) is 0.882. The van der Waals surface area contributed by atoms with Crippen molar-refractivity contribution >= 4 is 45.8 Å². The lowest BCUT2D eigenvalue weighted by molar-refractivity contribution is 0.518. The smallest absolute Gasteiger partial charge is 0.355 e. The molecule has 0 bridgehead atoms. The predicted octanol–water partition coefficient (Wildman–Crippen LogP) is 15.8. The highest BCUT2D eigenvalue weighted by Gasteiger charge is 2.20. The first-order valence-corrected chi connectivity index (χ1v) is 26.1.